The summed E-state index contributed by atoms with van der Waals surface area (Å²) in [6.07, 6.45) is -11.1. The highest BCUT2D eigenvalue weighted by Crippen LogP contribution is 2.53. The molecule has 0 saturated heterocycles. The maximum absolute atomic E-state index is 12.6. The van der Waals surface area contributed by atoms with Gasteiger partial charge in [-0.1, -0.05) is 25.7 Å². The number of alkyl halides is 6. The second-order valence-corrected chi connectivity index (χ2v) is 6.08. The summed E-state index contributed by atoms with van der Waals surface area (Å²) in [6, 6.07) is -0.372. The first-order valence-corrected chi connectivity index (χ1v) is 7.12. The maximum atomic E-state index is 12.6. The molecule has 2 atom stereocenters. The quantitative estimate of drug-likeness (QED) is 0.783. The molecule has 2 fully saturated rings. The molecule has 8 heteroatoms. The third-order valence-corrected chi connectivity index (χ3v) is 4.78. The van der Waals surface area contributed by atoms with Gasteiger partial charge in [0.1, 0.15) is 0 Å². The first-order valence-electron chi connectivity index (χ1n) is 7.12. The number of nitrogens with two attached hydrogens (primary N) is 1. The SMILES string of the molecule is NC1CC(OC(C(F)(F)F)C(F)(F)F)C12CCCCCC2. The summed E-state index contributed by atoms with van der Waals surface area (Å²) in [4.78, 5) is 0. The van der Waals surface area contributed by atoms with Gasteiger partial charge in [-0.15, -0.1) is 0 Å². The molecule has 2 N–H and O–H groups in total. The Morgan fingerprint density at radius 3 is 1.76 bits per heavy atom. The van der Waals surface area contributed by atoms with Crippen molar-refractivity contribution in [3.8, 4) is 0 Å². The molecular weight excluding hydrogens is 300 g/mol. The average molecular weight is 319 g/mol. The molecule has 0 aromatic heterocycles. The summed E-state index contributed by atoms with van der Waals surface area (Å²) in [5.74, 6) is 0. The molecule has 0 aromatic rings. The molecular formula is C13H19F6NO. The molecule has 0 heterocycles. The highest BCUT2D eigenvalue weighted by atomic mass is 19.4. The van der Waals surface area contributed by atoms with Crippen LogP contribution in [-0.2, 0) is 4.74 Å². The van der Waals surface area contributed by atoms with Gasteiger partial charge in [-0.2, -0.15) is 26.3 Å². The molecule has 2 nitrogen and oxygen atoms in total. The van der Waals surface area contributed by atoms with Gasteiger partial charge in [-0.25, -0.2) is 0 Å². The lowest BCUT2D eigenvalue weighted by Gasteiger charge is -2.55. The first kappa shape index (κ1) is 16.9. The molecule has 0 amide bonds. The fraction of sp³-hybridized carbons (Fsp3) is 1.00. The van der Waals surface area contributed by atoms with Crippen LogP contribution in [0.15, 0.2) is 0 Å². The van der Waals surface area contributed by atoms with Gasteiger partial charge in [-0.05, 0) is 19.3 Å². The molecule has 2 unspecified atom stereocenters. The van der Waals surface area contributed by atoms with Gasteiger partial charge in [0.15, 0.2) is 0 Å². The van der Waals surface area contributed by atoms with Crippen molar-refractivity contribution in [1.82, 2.24) is 0 Å². The average Bonchev–Trinajstić information content (AvgIpc) is 2.58. The molecule has 0 bridgehead atoms. The number of ether oxygens (including phenoxy) is 1. The van der Waals surface area contributed by atoms with E-state index >= 15 is 0 Å². The second kappa shape index (κ2) is 5.61. The van der Waals surface area contributed by atoms with Crippen LogP contribution in [0.4, 0.5) is 26.3 Å². The lowest BCUT2D eigenvalue weighted by atomic mass is 9.58. The van der Waals surface area contributed by atoms with Crippen molar-refractivity contribution in [2.75, 3.05) is 0 Å². The Balaban J connectivity index is 2.13. The van der Waals surface area contributed by atoms with Crippen molar-refractivity contribution >= 4 is 0 Å². The van der Waals surface area contributed by atoms with E-state index in [4.69, 9.17) is 5.73 Å². The maximum Gasteiger partial charge on any atom is 0.423 e. The number of hydrogen-bond donors (Lipinski definition) is 1. The van der Waals surface area contributed by atoms with Crippen LogP contribution >= 0.6 is 0 Å². The highest BCUT2D eigenvalue weighted by Gasteiger charge is 2.63. The van der Waals surface area contributed by atoms with E-state index in [1.54, 1.807) is 0 Å². The van der Waals surface area contributed by atoms with Gasteiger partial charge in [0.2, 0.25) is 6.10 Å². The topological polar surface area (TPSA) is 35.2 Å². The summed E-state index contributed by atoms with van der Waals surface area (Å²) in [6.45, 7) is 0. The minimum atomic E-state index is -5.45. The lowest BCUT2D eigenvalue weighted by Crippen LogP contribution is -2.64. The Morgan fingerprint density at radius 1 is 0.905 bits per heavy atom. The minimum Gasteiger partial charge on any atom is -0.357 e. The summed E-state index contributed by atoms with van der Waals surface area (Å²) < 4.78 is 80.1. The van der Waals surface area contributed by atoms with Crippen LogP contribution in [0.1, 0.15) is 44.9 Å². The molecule has 2 saturated carbocycles. The highest BCUT2D eigenvalue weighted by molar-refractivity contribution is 5.07. The molecule has 0 aliphatic heterocycles. The van der Waals surface area contributed by atoms with Crippen LogP contribution < -0.4 is 5.73 Å². The zero-order chi connectivity index (χ0) is 15.9. The molecule has 0 aromatic carbocycles. The van der Waals surface area contributed by atoms with E-state index in [1.165, 1.54) is 0 Å². The van der Waals surface area contributed by atoms with Crippen LogP contribution in [-0.4, -0.2) is 30.6 Å². The predicted octanol–water partition coefficient (Wildman–Crippen LogP) is 3.94. The normalized spacial score (nSPS) is 30.3. The number of hydrogen-bond acceptors (Lipinski definition) is 2. The van der Waals surface area contributed by atoms with Gasteiger partial charge in [0.05, 0.1) is 6.10 Å². The number of rotatable bonds is 2. The standard InChI is InChI=1S/C13H19F6NO/c14-12(15,16)10(13(17,18)19)21-9-7-8(20)11(9)5-3-1-2-4-6-11/h8-10H,1-7,20H2. The molecule has 2 rings (SSSR count). The van der Waals surface area contributed by atoms with Crippen molar-refractivity contribution in [1.29, 1.82) is 0 Å². The van der Waals surface area contributed by atoms with E-state index in [0.29, 0.717) is 12.8 Å². The van der Waals surface area contributed by atoms with Crippen molar-refractivity contribution < 1.29 is 31.1 Å². The van der Waals surface area contributed by atoms with Crippen LogP contribution in [0.5, 0.6) is 0 Å². The Labute approximate surface area is 119 Å². The zero-order valence-electron chi connectivity index (χ0n) is 11.4. The fourth-order valence-electron chi connectivity index (χ4n) is 3.55. The van der Waals surface area contributed by atoms with Crippen LogP contribution in [0.3, 0.4) is 0 Å². The van der Waals surface area contributed by atoms with E-state index in [9.17, 15) is 26.3 Å². The third-order valence-electron chi connectivity index (χ3n) is 4.78. The molecule has 1 spiro atoms. The van der Waals surface area contributed by atoms with Crippen LogP contribution in [0, 0.1) is 5.41 Å². The Kier molecular flexibility index (Phi) is 4.50. The Hall–Kier alpha value is -0.500. The Morgan fingerprint density at radius 2 is 1.38 bits per heavy atom. The predicted molar refractivity (Wildman–Crippen MR) is 63.5 cm³/mol. The third kappa shape index (κ3) is 3.31. The van der Waals surface area contributed by atoms with Gasteiger partial charge in [-0.3, -0.25) is 0 Å². The van der Waals surface area contributed by atoms with Crippen molar-refractivity contribution in [3.63, 3.8) is 0 Å². The van der Waals surface area contributed by atoms with E-state index < -0.39 is 30.0 Å². The smallest absolute Gasteiger partial charge is 0.357 e. The molecule has 124 valence electrons. The minimum absolute atomic E-state index is 0.0582. The van der Waals surface area contributed by atoms with Gasteiger partial charge >= 0.3 is 12.4 Å². The number of halogens is 6. The molecule has 2 aliphatic rings. The summed E-state index contributed by atoms with van der Waals surface area (Å²) in [5.41, 5.74) is 5.18. The lowest BCUT2D eigenvalue weighted by molar-refractivity contribution is -0.348. The largest absolute Gasteiger partial charge is 0.423 e. The van der Waals surface area contributed by atoms with E-state index in [2.05, 4.69) is 4.74 Å². The van der Waals surface area contributed by atoms with Gasteiger partial charge in [0.25, 0.3) is 0 Å². The Bertz CT molecular complexity index is 345. The van der Waals surface area contributed by atoms with Crippen molar-refractivity contribution in [2.24, 2.45) is 11.1 Å². The molecule has 0 radical (unpaired) electrons. The molecule has 2 aliphatic carbocycles. The summed E-state index contributed by atoms with van der Waals surface area (Å²) in [7, 11) is 0. The first-order chi connectivity index (χ1) is 9.57. The fourth-order valence-corrected chi connectivity index (χ4v) is 3.55. The second-order valence-electron chi connectivity index (χ2n) is 6.08. The van der Waals surface area contributed by atoms with E-state index in [1.807, 2.05) is 0 Å². The monoisotopic (exact) mass is 319 g/mol. The van der Waals surface area contributed by atoms with Gasteiger partial charge < -0.3 is 10.5 Å². The van der Waals surface area contributed by atoms with Crippen molar-refractivity contribution in [2.45, 2.75) is 75.5 Å². The van der Waals surface area contributed by atoms with Crippen LogP contribution in [0.2, 0.25) is 0 Å². The zero-order valence-corrected chi connectivity index (χ0v) is 11.4. The summed E-state index contributed by atoms with van der Waals surface area (Å²) in [5, 5.41) is 0. The van der Waals surface area contributed by atoms with Crippen molar-refractivity contribution in [3.05, 3.63) is 0 Å². The molecule has 21 heavy (non-hydrogen) atoms. The summed E-state index contributed by atoms with van der Waals surface area (Å²) >= 11 is 0. The van der Waals surface area contributed by atoms with Gasteiger partial charge in [0, 0.05) is 11.5 Å². The van der Waals surface area contributed by atoms with E-state index in [0.717, 1.165) is 25.7 Å². The van der Waals surface area contributed by atoms with Crippen LogP contribution in [0.25, 0.3) is 0 Å². The van der Waals surface area contributed by atoms with E-state index in [-0.39, 0.29) is 12.5 Å².